The van der Waals surface area contributed by atoms with Crippen LogP contribution in [0.2, 0.25) is 0 Å². The first-order chi connectivity index (χ1) is 19.0. The Kier molecular flexibility index (Phi) is 11.1. The fourth-order valence-electron chi connectivity index (χ4n) is 6.80. The van der Waals surface area contributed by atoms with E-state index < -0.39 is 5.54 Å². The number of benzene rings is 1. The molecule has 1 aromatic carbocycles. The number of nitrogens with one attached hydrogen (secondary N) is 4. The number of unbranched alkanes of at least 4 members (excludes halogenated alkanes) is 1. The molecule has 3 fully saturated rings. The third-order valence-electron chi connectivity index (χ3n) is 9.27. The molecule has 39 heavy (non-hydrogen) atoms. The van der Waals surface area contributed by atoms with E-state index in [1.54, 1.807) is 0 Å². The van der Waals surface area contributed by atoms with Crippen LogP contribution in [0.1, 0.15) is 114 Å². The van der Waals surface area contributed by atoms with E-state index in [0.29, 0.717) is 38.1 Å². The summed E-state index contributed by atoms with van der Waals surface area (Å²) in [5.74, 6) is 1.99. The smallest absolute Gasteiger partial charge is 0.315 e. The van der Waals surface area contributed by atoms with Crippen LogP contribution in [0, 0.1) is 17.2 Å². The summed E-state index contributed by atoms with van der Waals surface area (Å²) in [6, 6.07) is 7.97. The highest BCUT2D eigenvalue weighted by Gasteiger charge is 2.45. The van der Waals surface area contributed by atoms with Gasteiger partial charge in [0.25, 0.3) is 0 Å². The summed E-state index contributed by atoms with van der Waals surface area (Å²) in [5, 5.41) is 18.2. The molecule has 1 aliphatic heterocycles. The van der Waals surface area contributed by atoms with Gasteiger partial charge in [-0.25, -0.2) is 4.79 Å². The summed E-state index contributed by atoms with van der Waals surface area (Å²) in [7, 11) is 0. The van der Waals surface area contributed by atoms with Crippen LogP contribution in [-0.4, -0.2) is 41.3 Å². The number of Topliss-reactive ketones (excluding diaryl/α,β-unsaturated/α-hetero) is 1. The van der Waals surface area contributed by atoms with E-state index in [-0.39, 0.29) is 11.8 Å². The molecule has 1 atom stereocenters. The Morgan fingerprint density at radius 1 is 0.974 bits per heavy atom. The van der Waals surface area contributed by atoms with Crippen molar-refractivity contribution in [2.75, 3.05) is 13.1 Å². The van der Waals surface area contributed by atoms with Crippen LogP contribution in [0.5, 0.6) is 0 Å². The van der Waals surface area contributed by atoms with Crippen molar-refractivity contribution in [2.45, 2.75) is 122 Å². The topological polar surface area (TPSA) is 97.3 Å². The molecule has 4 rings (SSSR count). The molecule has 1 aromatic rings. The Morgan fingerprint density at radius 2 is 1.62 bits per heavy atom. The molecular formula is C32H51N5O2. The van der Waals surface area contributed by atoms with Crippen molar-refractivity contribution in [3.8, 4) is 0 Å². The predicted molar refractivity (Wildman–Crippen MR) is 158 cm³/mol. The van der Waals surface area contributed by atoms with Gasteiger partial charge in [-0.2, -0.15) is 0 Å². The van der Waals surface area contributed by atoms with E-state index in [2.05, 4.69) is 22.9 Å². The molecule has 7 heteroatoms. The number of rotatable bonds is 12. The van der Waals surface area contributed by atoms with E-state index in [4.69, 9.17) is 5.41 Å². The SMILES string of the molecule is CCCCNC(=O)NCc1ccc(CN2CC(=O)C(CCC3CCCCC3)(CC3CCCCC3)NC2=N)cc1. The number of ketones is 1. The summed E-state index contributed by atoms with van der Waals surface area (Å²) >= 11 is 0. The fourth-order valence-corrected chi connectivity index (χ4v) is 6.80. The first-order valence-corrected chi connectivity index (χ1v) is 15.7. The molecule has 1 heterocycles. The molecule has 2 saturated carbocycles. The van der Waals surface area contributed by atoms with E-state index >= 15 is 0 Å². The summed E-state index contributed by atoms with van der Waals surface area (Å²) < 4.78 is 0. The number of nitrogens with zero attached hydrogens (tertiary/aromatic N) is 1. The lowest BCUT2D eigenvalue weighted by molar-refractivity contribution is -0.128. The second-order valence-electron chi connectivity index (χ2n) is 12.4. The maximum absolute atomic E-state index is 13.9. The molecule has 2 aliphatic carbocycles. The molecule has 0 radical (unpaired) electrons. The predicted octanol–water partition coefficient (Wildman–Crippen LogP) is 6.26. The third kappa shape index (κ3) is 8.71. The van der Waals surface area contributed by atoms with Crippen molar-refractivity contribution in [2.24, 2.45) is 11.8 Å². The molecule has 1 unspecified atom stereocenters. The van der Waals surface area contributed by atoms with E-state index in [1.807, 2.05) is 29.2 Å². The van der Waals surface area contributed by atoms with Gasteiger partial charge in [0.05, 0.1) is 6.54 Å². The molecule has 3 aliphatic rings. The van der Waals surface area contributed by atoms with Crippen LogP contribution >= 0.6 is 0 Å². The van der Waals surface area contributed by atoms with Gasteiger partial charge >= 0.3 is 6.03 Å². The molecule has 0 bridgehead atoms. The molecule has 7 nitrogen and oxygen atoms in total. The summed E-state index contributed by atoms with van der Waals surface area (Å²) in [6.45, 7) is 4.11. The van der Waals surface area contributed by atoms with Crippen LogP contribution in [0.15, 0.2) is 24.3 Å². The highest BCUT2D eigenvalue weighted by molar-refractivity contribution is 5.99. The molecule has 4 N–H and O–H groups in total. The lowest BCUT2D eigenvalue weighted by Gasteiger charge is -2.45. The largest absolute Gasteiger partial charge is 0.344 e. The Hall–Kier alpha value is -2.57. The number of hydrogen-bond acceptors (Lipinski definition) is 3. The van der Waals surface area contributed by atoms with Crippen molar-refractivity contribution in [3.05, 3.63) is 35.4 Å². The minimum Gasteiger partial charge on any atom is -0.344 e. The number of carbonyl (C=O) groups is 2. The molecule has 0 aromatic heterocycles. The molecule has 216 valence electrons. The monoisotopic (exact) mass is 537 g/mol. The van der Waals surface area contributed by atoms with Gasteiger partial charge in [0, 0.05) is 19.6 Å². The molecule has 1 saturated heterocycles. The fraction of sp³-hybridized carbons (Fsp3) is 0.719. The zero-order valence-electron chi connectivity index (χ0n) is 24.2. The number of urea groups is 1. The van der Waals surface area contributed by atoms with Crippen LogP contribution in [0.3, 0.4) is 0 Å². The van der Waals surface area contributed by atoms with E-state index in [1.165, 1.54) is 64.2 Å². The lowest BCUT2D eigenvalue weighted by atomic mass is 9.72. The Morgan fingerprint density at radius 3 is 2.28 bits per heavy atom. The third-order valence-corrected chi connectivity index (χ3v) is 9.27. The molecule has 0 spiro atoms. The zero-order chi connectivity index (χ0) is 27.5. The number of amides is 2. The number of carbonyl (C=O) groups excluding carboxylic acids is 2. The van der Waals surface area contributed by atoms with Gasteiger partial charge in [-0.05, 0) is 48.6 Å². The maximum Gasteiger partial charge on any atom is 0.315 e. The van der Waals surface area contributed by atoms with Gasteiger partial charge in [-0.15, -0.1) is 0 Å². The maximum atomic E-state index is 13.9. The number of hydrogen-bond donors (Lipinski definition) is 4. The summed E-state index contributed by atoms with van der Waals surface area (Å²) in [6.07, 6.45) is 17.8. The van der Waals surface area contributed by atoms with Gasteiger partial charge in [0.1, 0.15) is 5.54 Å². The molecule has 2 amide bonds. The van der Waals surface area contributed by atoms with Gasteiger partial charge in [0.15, 0.2) is 11.7 Å². The van der Waals surface area contributed by atoms with Crippen molar-refractivity contribution in [1.29, 1.82) is 5.41 Å². The van der Waals surface area contributed by atoms with E-state index in [0.717, 1.165) is 49.1 Å². The van der Waals surface area contributed by atoms with Crippen molar-refractivity contribution in [1.82, 2.24) is 20.9 Å². The van der Waals surface area contributed by atoms with Crippen LogP contribution < -0.4 is 16.0 Å². The van der Waals surface area contributed by atoms with Gasteiger partial charge < -0.3 is 20.9 Å². The highest BCUT2D eigenvalue weighted by atomic mass is 16.2. The normalized spacial score (nSPS) is 22.9. The van der Waals surface area contributed by atoms with Crippen molar-refractivity contribution in [3.63, 3.8) is 0 Å². The number of guanidine groups is 1. The van der Waals surface area contributed by atoms with E-state index in [9.17, 15) is 9.59 Å². The van der Waals surface area contributed by atoms with Crippen molar-refractivity contribution >= 4 is 17.8 Å². The van der Waals surface area contributed by atoms with Gasteiger partial charge in [0.2, 0.25) is 0 Å². The summed E-state index contributed by atoms with van der Waals surface area (Å²) in [5.41, 5.74) is 1.52. The van der Waals surface area contributed by atoms with Crippen LogP contribution in [0.4, 0.5) is 4.79 Å². The second kappa shape index (κ2) is 14.7. The minimum atomic E-state index is -0.569. The quantitative estimate of drug-likeness (QED) is 0.236. The van der Waals surface area contributed by atoms with Crippen LogP contribution in [0.25, 0.3) is 0 Å². The Bertz CT molecular complexity index is 936. The highest BCUT2D eigenvalue weighted by Crippen LogP contribution is 2.37. The minimum absolute atomic E-state index is 0.140. The van der Waals surface area contributed by atoms with Gasteiger partial charge in [-0.1, -0.05) is 102 Å². The van der Waals surface area contributed by atoms with Gasteiger partial charge in [-0.3, -0.25) is 10.2 Å². The Labute approximate surface area is 235 Å². The zero-order valence-corrected chi connectivity index (χ0v) is 24.2. The molecular weight excluding hydrogens is 486 g/mol. The first kappa shape index (κ1) is 29.4. The lowest BCUT2D eigenvalue weighted by Crippen LogP contribution is -2.66. The average Bonchev–Trinajstić information content (AvgIpc) is 2.95. The first-order valence-electron chi connectivity index (χ1n) is 15.7. The Balaban J connectivity index is 1.33. The summed E-state index contributed by atoms with van der Waals surface area (Å²) in [4.78, 5) is 27.7. The standard InChI is InChI=1S/C32H51N5O2/c1-2-3-20-34-31(39)35-22-27-14-16-28(17-15-27)23-37-24-29(38)32(36-30(37)33,21-26-12-8-5-9-13-26)19-18-25-10-6-4-7-11-25/h14-17,25-26H,2-13,18-24H2,1H3,(H2,33,36)(H2,34,35,39). The average molecular weight is 538 g/mol. The van der Waals surface area contributed by atoms with Crippen LogP contribution in [-0.2, 0) is 17.9 Å². The van der Waals surface area contributed by atoms with Crippen molar-refractivity contribution < 1.29 is 9.59 Å². The second-order valence-corrected chi connectivity index (χ2v) is 12.4.